The Labute approximate surface area is 116 Å². The highest BCUT2D eigenvalue weighted by atomic mass is 35.5. The van der Waals surface area contributed by atoms with Crippen LogP contribution in [0.1, 0.15) is 31.2 Å². The molecule has 1 saturated carbocycles. The smallest absolute Gasteiger partial charge is 0.381 e. The fourth-order valence-corrected chi connectivity index (χ4v) is 2.71. The van der Waals surface area contributed by atoms with Gasteiger partial charge in [-0.3, -0.25) is 0 Å². The van der Waals surface area contributed by atoms with Crippen molar-refractivity contribution in [1.29, 1.82) is 0 Å². The van der Waals surface area contributed by atoms with Gasteiger partial charge in [0.05, 0.1) is 16.6 Å². The highest BCUT2D eigenvalue weighted by molar-refractivity contribution is 6.33. The van der Waals surface area contributed by atoms with Gasteiger partial charge in [0.15, 0.2) is 0 Å². The van der Waals surface area contributed by atoms with Crippen LogP contribution in [0, 0.1) is 12.8 Å². The lowest BCUT2D eigenvalue weighted by atomic mass is 9.85. The van der Waals surface area contributed by atoms with E-state index < -0.39 is 12.1 Å². The predicted octanol–water partition coefficient (Wildman–Crippen LogP) is 5.18. The molecule has 2 rings (SSSR count). The maximum Gasteiger partial charge on any atom is 0.391 e. The van der Waals surface area contributed by atoms with Gasteiger partial charge in [0, 0.05) is 6.04 Å². The summed E-state index contributed by atoms with van der Waals surface area (Å²) in [6, 6.07) is 5.73. The van der Waals surface area contributed by atoms with E-state index in [4.69, 9.17) is 11.6 Å². The lowest BCUT2D eigenvalue weighted by molar-refractivity contribution is -0.182. The summed E-state index contributed by atoms with van der Waals surface area (Å²) in [5, 5.41) is 3.88. The van der Waals surface area contributed by atoms with Crippen LogP contribution in [0.2, 0.25) is 5.02 Å². The van der Waals surface area contributed by atoms with Crippen LogP contribution in [0.3, 0.4) is 0 Å². The van der Waals surface area contributed by atoms with Crippen LogP contribution in [0.25, 0.3) is 0 Å². The molecule has 0 radical (unpaired) electrons. The number of aryl methyl sites for hydroxylation is 1. The molecule has 1 aliphatic rings. The number of benzene rings is 1. The lowest BCUT2D eigenvalue weighted by Crippen LogP contribution is -2.32. The Kier molecular flexibility index (Phi) is 4.29. The molecule has 5 heteroatoms. The van der Waals surface area contributed by atoms with Crippen molar-refractivity contribution in [2.45, 2.75) is 44.8 Å². The Bertz CT molecular complexity index is 437. The molecule has 0 heterocycles. The van der Waals surface area contributed by atoms with E-state index in [1.807, 2.05) is 19.1 Å². The summed E-state index contributed by atoms with van der Waals surface area (Å²) in [4.78, 5) is 0. The van der Waals surface area contributed by atoms with E-state index in [9.17, 15) is 13.2 Å². The first-order valence-electron chi connectivity index (χ1n) is 6.45. The van der Waals surface area contributed by atoms with Crippen molar-refractivity contribution in [2.24, 2.45) is 5.92 Å². The second kappa shape index (κ2) is 5.61. The van der Waals surface area contributed by atoms with Gasteiger partial charge in [-0.2, -0.15) is 13.2 Å². The van der Waals surface area contributed by atoms with Gasteiger partial charge in [-0.25, -0.2) is 0 Å². The molecule has 1 aromatic rings. The molecule has 1 aliphatic carbocycles. The van der Waals surface area contributed by atoms with Crippen LogP contribution in [-0.4, -0.2) is 12.2 Å². The minimum absolute atomic E-state index is 0.0814. The molecule has 106 valence electrons. The van der Waals surface area contributed by atoms with Crippen molar-refractivity contribution in [3.8, 4) is 0 Å². The maximum absolute atomic E-state index is 12.6. The van der Waals surface area contributed by atoms with Crippen molar-refractivity contribution < 1.29 is 13.2 Å². The summed E-state index contributed by atoms with van der Waals surface area (Å²) in [7, 11) is 0. The van der Waals surface area contributed by atoms with E-state index in [1.165, 1.54) is 0 Å². The molecule has 1 N–H and O–H groups in total. The summed E-state index contributed by atoms with van der Waals surface area (Å²) in [6.45, 7) is 1.96. The van der Waals surface area contributed by atoms with E-state index in [1.54, 1.807) is 6.07 Å². The molecule has 0 bridgehead atoms. The van der Waals surface area contributed by atoms with Crippen LogP contribution in [-0.2, 0) is 0 Å². The molecule has 0 aromatic heterocycles. The van der Waals surface area contributed by atoms with Crippen LogP contribution in [0.4, 0.5) is 18.9 Å². The van der Waals surface area contributed by atoms with Gasteiger partial charge in [0.25, 0.3) is 0 Å². The zero-order valence-corrected chi connectivity index (χ0v) is 11.5. The Balaban J connectivity index is 1.94. The molecule has 1 fully saturated rings. The molecular weight excluding hydrogens is 275 g/mol. The Morgan fingerprint density at radius 1 is 1.16 bits per heavy atom. The minimum Gasteiger partial charge on any atom is -0.381 e. The van der Waals surface area contributed by atoms with Crippen molar-refractivity contribution in [2.75, 3.05) is 5.32 Å². The molecule has 0 unspecified atom stereocenters. The average Bonchev–Trinajstić information content (AvgIpc) is 2.33. The van der Waals surface area contributed by atoms with Crippen molar-refractivity contribution in [1.82, 2.24) is 0 Å². The van der Waals surface area contributed by atoms with Crippen molar-refractivity contribution in [3.05, 3.63) is 28.8 Å². The summed E-state index contributed by atoms with van der Waals surface area (Å²) in [5.41, 5.74) is 1.90. The van der Waals surface area contributed by atoms with E-state index in [-0.39, 0.29) is 18.9 Å². The molecule has 19 heavy (non-hydrogen) atoms. The number of hydrogen-bond donors (Lipinski definition) is 1. The molecule has 0 aliphatic heterocycles. The third kappa shape index (κ3) is 3.78. The largest absolute Gasteiger partial charge is 0.391 e. The van der Waals surface area contributed by atoms with Gasteiger partial charge in [-0.05, 0) is 50.3 Å². The lowest BCUT2D eigenvalue weighted by Gasteiger charge is -2.31. The topological polar surface area (TPSA) is 12.0 Å². The van der Waals surface area contributed by atoms with E-state index in [2.05, 4.69) is 5.32 Å². The fraction of sp³-hybridized carbons (Fsp3) is 0.571. The predicted molar refractivity (Wildman–Crippen MR) is 71.6 cm³/mol. The minimum atomic E-state index is -4.05. The summed E-state index contributed by atoms with van der Waals surface area (Å²) >= 11 is 6.07. The molecule has 0 saturated heterocycles. The van der Waals surface area contributed by atoms with Gasteiger partial charge < -0.3 is 5.32 Å². The highest BCUT2D eigenvalue weighted by Gasteiger charge is 2.41. The third-order valence-corrected chi connectivity index (χ3v) is 4.00. The Hall–Kier alpha value is -0.900. The number of rotatable bonds is 2. The summed E-state index contributed by atoms with van der Waals surface area (Å²) in [6.07, 6.45) is -2.58. The summed E-state index contributed by atoms with van der Waals surface area (Å²) < 4.78 is 37.7. The first-order chi connectivity index (χ1) is 8.86. The van der Waals surface area contributed by atoms with Gasteiger partial charge in [-0.15, -0.1) is 0 Å². The molecule has 1 nitrogen and oxygen atoms in total. The maximum atomic E-state index is 12.6. The fourth-order valence-electron chi connectivity index (χ4n) is 2.53. The van der Waals surface area contributed by atoms with Crippen LogP contribution in [0.5, 0.6) is 0 Å². The normalized spacial score (nSPS) is 24.3. The van der Waals surface area contributed by atoms with Gasteiger partial charge in [0.1, 0.15) is 0 Å². The van der Waals surface area contributed by atoms with E-state index in [0.717, 1.165) is 11.3 Å². The number of hydrogen-bond acceptors (Lipinski definition) is 1. The Morgan fingerprint density at radius 3 is 2.37 bits per heavy atom. The van der Waals surface area contributed by atoms with E-state index in [0.29, 0.717) is 17.9 Å². The van der Waals surface area contributed by atoms with Crippen LogP contribution < -0.4 is 5.32 Å². The third-order valence-electron chi connectivity index (χ3n) is 3.67. The number of nitrogens with one attached hydrogen (secondary N) is 1. The zero-order chi connectivity index (χ0) is 14.0. The number of halogens is 4. The number of alkyl halides is 3. The van der Waals surface area contributed by atoms with E-state index >= 15 is 0 Å². The van der Waals surface area contributed by atoms with Crippen LogP contribution in [0.15, 0.2) is 18.2 Å². The highest BCUT2D eigenvalue weighted by Crippen LogP contribution is 2.38. The quantitative estimate of drug-likeness (QED) is 0.791. The van der Waals surface area contributed by atoms with Gasteiger partial charge in [-0.1, -0.05) is 17.7 Å². The zero-order valence-electron chi connectivity index (χ0n) is 10.7. The molecule has 1 aromatic carbocycles. The van der Waals surface area contributed by atoms with Gasteiger partial charge >= 0.3 is 6.18 Å². The van der Waals surface area contributed by atoms with Gasteiger partial charge in [0.2, 0.25) is 0 Å². The SMILES string of the molecule is Cc1ccc(Cl)c(NC2CCC(C(F)(F)F)CC2)c1. The van der Waals surface area contributed by atoms with Crippen LogP contribution >= 0.6 is 11.6 Å². The summed E-state index contributed by atoms with van der Waals surface area (Å²) in [5.74, 6) is -1.14. The molecule has 0 spiro atoms. The first-order valence-corrected chi connectivity index (χ1v) is 6.83. The Morgan fingerprint density at radius 2 is 1.79 bits per heavy atom. The number of anilines is 1. The second-order valence-corrected chi connectivity index (χ2v) is 5.62. The second-order valence-electron chi connectivity index (χ2n) is 5.22. The molecule has 0 atom stereocenters. The standard InChI is InChI=1S/C14H17ClF3N/c1-9-2-7-12(15)13(8-9)19-11-5-3-10(4-6-11)14(16,17)18/h2,7-8,10-11,19H,3-6H2,1H3. The average molecular weight is 292 g/mol. The molecular formula is C14H17ClF3N. The van der Waals surface area contributed by atoms with Crippen molar-refractivity contribution >= 4 is 17.3 Å². The van der Waals surface area contributed by atoms with Crippen molar-refractivity contribution in [3.63, 3.8) is 0 Å². The molecule has 0 amide bonds. The first kappa shape index (κ1) is 14.5. The monoisotopic (exact) mass is 291 g/mol.